The summed E-state index contributed by atoms with van der Waals surface area (Å²) >= 11 is 5.02. The molecular weight excluding hydrogens is 376 g/mol. The molecule has 0 radical (unpaired) electrons. The summed E-state index contributed by atoms with van der Waals surface area (Å²) in [7, 11) is 0. The molecule has 0 saturated carbocycles. The Labute approximate surface area is 150 Å². The number of aromatic nitrogens is 1. The molecule has 3 atom stereocenters. The molecule has 0 fully saturated rings. The van der Waals surface area contributed by atoms with E-state index in [1.165, 1.54) is 13.0 Å². The number of benzene rings is 1. The minimum atomic E-state index is -3.92. The lowest BCUT2D eigenvalue weighted by Gasteiger charge is -2.17. The summed E-state index contributed by atoms with van der Waals surface area (Å²) in [6, 6.07) is 4.93. The van der Waals surface area contributed by atoms with E-state index in [-0.39, 0.29) is 22.6 Å². The van der Waals surface area contributed by atoms with Crippen LogP contribution in [0.15, 0.2) is 24.4 Å². The summed E-state index contributed by atoms with van der Waals surface area (Å²) in [4.78, 5) is 3.51. The van der Waals surface area contributed by atoms with Crippen LogP contribution in [0.4, 0.5) is 17.6 Å². The average molecular weight is 387 g/mol. The second-order valence-corrected chi connectivity index (χ2v) is 6.34. The first-order valence-electron chi connectivity index (χ1n) is 7.44. The molecule has 3 rings (SSSR count). The number of pyridine rings is 1. The lowest BCUT2D eigenvalue weighted by Crippen LogP contribution is -2.15. The van der Waals surface area contributed by atoms with Gasteiger partial charge in [-0.3, -0.25) is 0 Å². The van der Waals surface area contributed by atoms with Crippen molar-refractivity contribution >= 4 is 11.6 Å². The van der Waals surface area contributed by atoms with Gasteiger partial charge in [0.05, 0.1) is 17.8 Å². The van der Waals surface area contributed by atoms with Gasteiger partial charge in [-0.05, 0) is 23.7 Å². The molecule has 1 aromatic carbocycles. The standard InChI is InChI=1S/C17H11ClF4N2O2/c1-7-12-11(26-10-3-8(5-23)2-9(19)4-10)6-24-16(17(18,21)22)13(12)15(25)14(7)20/h2-4,6-7,14-15,25H,1H3. The Balaban J connectivity index is 2.14. The molecule has 1 N–H and O–H groups in total. The maximum atomic E-state index is 14.2. The van der Waals surface area contributed by atoms with E-state index in [1.54, 1.807) is 6.07 Å². The third-order valence-electron chi connectivity index (χ3n) is 4.15. The summed E-state index contributed by atoms with van der Waals surface area (Å²) in [5.74, 6) is -1.96. The van der Waals surface area contributed by atoms with E-state index in [9.17, 15) is 22.7 Å². The lowest BCUT2D eigenvalue weighted by molar-refractivity contribution is 0.0644. The number of hydrogen-bond acceptors (Lipinski definition) is 4. The van der Waals surface area contributed by atoms with Gasteiger partial charge in [0.1, 0.15) is 35.3 Å². The predicted molar refractivity (Wildman–Crippen MR) is 83.4 cm³/mol. The van der Waals surface area contributed by atoms with Crippen molar-refractivity contribution in [3.8, 4) is 17.6 Å². The van der Waals surface area contributed by atoms with Crippen molar-refractivity contribution in [2.24, 2.45) is 0 Å². The van der Waals surface area contributed by atoms with Gasteiger partial charge in [-0.25, -0.2) is 13.8 Å². The van der Waals surface area contributed by atoms with E-state index in [1.807, 2.05) is 0 Å². The van der Waals surface area contributed by atoms with Gasteiger partial charge in [0, 0.05) is 23.1 Å². The number of nitrogens with zero attached hydrogens (tertiary/aromatic N) is 2. The van der Waals surface area contributed by atoms with Crippen molar-refractivity contribution in [1.29, 1.82) is 5.26 Å². The normalized spacial score (nSPS) is 22.0. The zero-order chi connectivity index (χ0) is 19.2. The second kappa shape index (κ2) is 6.41. The molecule has 1 aliphatic rings. The van der Waals surface area contributed by atoms with Crippen molar-refractivity contribution < 1.29 is 27.4 Å². The van der Waals surface area contributed by atoms with Crippen LogP contribution >= 0.6 is 11.6 Å². The molecule has 4 nitrogen and oxygen atoms in total. The number of ether oxygens (including phenoxy) is 1. The van der Waals surface area contributed by atoms with Gasteiger partial charge in [-0.15, -0.1) is 0 Å². The third kappa shape index (κ3) is 3.08. The molecule has 1 heterocycles. The first kappa shape index (κ1) is 18.4. The van der Waals surface area contributed by atoms with E-state index in [2.05, 4.69) is 4.98 Å². The van der Waals surface area contributed by atoms with Crippen LogP contribution in [0.1, 0.15) is 41.3 Å². The van der Waals surface area contributed by atoms with Crippen molar-refractivity contribution in [2.45, 2.75) is 30.5 Å². The highest BCUT2D eigenvalue weighted by atomic mass is 35.5. The maximum Gasteiger partial charge on any atom is 0.365 e. The molecule has 0 amide bonds. The van der Waals surface area contributed by atoms with Gasteiger partial charge in [0.15, 0.2) is 0 Å². The van der Waals surface area contributed by atoms with Gasteiger partial charge < -0.3 is 9.84 Å². The quantitative estimate of drug-likeness (QED) is 0.615. The fourth-order valence-corrected chi connectivity index (χ4v) is 3.15. The second-order valence-electron chi connectivity index (χ2n) is 5.86. The Hall–Kier alpha value is -2.37. The fourth-order valence-electron chi connectivity index (χ4n) is 3.00. The number of nitriles is 1. The predicted octanol–water partition coefficient (Wildman–Crippen LogP) is 4.66. The van der Waals surface area contributed by atoms with Crippen LogP contribution < -0.4 is 4.74 Å². The molecule has 3 unspecified atom stereocenters. The first-order valence-corrected chi connectivity index (χ1v) is 7.82. The van der Waals surface area contributed by atoms with Gasteiger partial charge in [-0.2, -0.15) is 14.0 Å². The van der Waals surface area contributed by atoms with Crippen LogP contribution in [0.25, 0.3) is 0 Å². The Morgan fingerprint density at radius 3 is 2.62 bits per heavy atom. The molecular formula is C17H11ClF4N2O2. The number of aliphatic hydroxyl groups is 1. The molecule has 26 heavy (non-hydrogen) atoms. The first-order chi connectivity index (χ1) is 12.1. The summed E-state index contributed by atoms with van der Waals surface area (Å²) in [6.45, 7) is 1.38. The van der Waals surface area contributed by atoms with Crippen molar-refractivity contribution in [2.75, 3.05) is 0 Å². The maximum absolute atomic E-state index is 14.2. The number of aliphatic hydroxyl groups excluding tert-OH is 1. The van der Waals surface area contributed by atoms with Crippen molar-refractivity contribution in [3.05, 3.63) is 52.6 Å². The molecule has 9 heteroatoms. The monoisotopic (exact) mass is 386 g/mol. The van der Waals surface area contributed by atoms with E-state index in [4.69, 9.17) is 21.6 Å². The SMILES string of the molecule is CC1c2c(Oc3cc(F)cc(C#N)c3)cnc(C(F)(F)Cl)c2C(O)C1F. The number of halogens is 5. The Morgan fingerprint density at radius 1 is 1.31 bits per heavy atom. The molecule has 2 aromatic rings. The Kier molecular flexibility index (Phi) is 4.54. The highest BCUT2D eigenvalue weighted by Gasteiger charge is 2.47. The van der Waals surface area contributed by atoms with E-state index >= 15 is 0 Å². The minimum Gasteiger partial charge on any atom is -0.455 e. The van der Waals surface area contributed by atoms with Gasteiger partial charge in [0.2, 0.25) is 0 Å². The molecule has 0 saturated heterocycles. The van der Waals surface area contributed by atoms with Crippen LogP contribution in [0, 0.1) is 17.1 Å². The summed E-state index contributed by atoms with van der Waals surface area (Å²) in [5, 5.41) is 15.0. The summed E-state index contributed by atoms with van der Waals surface area (Å²) < 4.78 is 60.4. The largest absolute Gasteiger partial charge is 0.455 e. The van der Waals surface area contributed by atoms with Gasteiger partial charge in [0.25, 0.3) is 0 Å². The molecule has 1 aromatic heterocycles. The molecule has 0 aliphatic heterocycles. The number of rotatable bonds is 3. The highest BCUT2D eigenvalue weighted by molar-refractivity contribution is 6.21. The molecule has 0 spiro atoms. The van der Waals surface area contributed by atoms with Gasteiger partial charge >= 0.3 is 5.38 Å². The minimum absolute atomic E-state index is 0.0232. The Bertz CT molecular complexity index is 911. The van der Waals surface area contributed by atoms with E-state index in [0.717, 1.165) is 18.3 Å². The van der Waals surface area contributed by atoms with E-state index in [0.29, 0.717) is 0 Å². The fraction of sp³-hybridized carbons (Fsp3) is 0.294. The Morgan fingerprint density at radius 2 is 2.00 bits per heavy atom. The van der Waals surface area contributed by atoms with Crippen molar-refractivity contribution in [3.63, 3.8) is 0 Å². The van der Waals surface area contributed by atoms with E-state index < -0.39 is 40.6 Å². The number of fused-ring (bicyclic) bond motifs is 1. The van der Waals surface area contributed by atoms with Crippen LogP contribution in [0.2, 0.25) is 0 Å². The van der Waals surface area contributed by atoms with Crippen LogP contribution in [0.3, 0.4) is 0 Å². The lowest BCUT2D eigenvalue weighted by atomic mass is 10.0. The summed E-state index contributed by atoms with van der Waals surface area (Å²) in [6.07, 6.45) is -2.81. The van der Waals surface area contributed by atoms with Crippen LogP contribution in [-0.4, -0.2) is 16.3 Å². The van der Waals surface area contributed by atoms with Crippen LogP contribution in [0.5, 0.6) is 11.5 Å². The van der Waals surface area contributed by atoms with Gasteiger partial charge in [-0.1, -0.05) is 6.92 Å². The van der Waals surface area contributed by atoms with Crippen LogP contribution in [-0.2, 0) is 5.38 Å². The molecule has 0 bridgehead atoms. The zero-order valence-electron chi connectivity index (χ0n) is 13.2. The number of alkyl halides is 4. The summed E-state index contributed by atoms with van der Waals surface area (Å²) in [5.41, 5.74) is -1.46. The topological polar surface area (TPSA) is 66.1 Å². The molecule has 136 valence electrons. The molecule has 1 aliphatic carbocycles. The highest BCUT2D eigenvalue weighted by Crippen LogP contribution is 2.51. The third-order valence-corrected chi connectivity index (χ3v) is 4.33. The zero-order valence-corrected chi connectivity index (χ0v) is 13.9. The number of hydrogen-bond donors (Lipinski definition) is 1. The smallest absolute Gasteiger partial charge is 0.365 e. The average Bonchev–Trinajstić information content (AvgIpc) is 2.79. The van der Waals surface area contributed by atoms with Crippen molar-refractivity contribution in [1.82, 2.24) is 4.98 Å².